The maximum absolute atomic E-state index is 12.4. The molecule has 1 aromatic carbocycles. The summed E-state index contributed by atoms with van der Waals surface area (Å²) in [4.78, 5) is 24.5. The molecule has 0 radical (unpaired) electrons. The highest BCUT2D eigenvalue weighted by molar-refractivity contribution is 5.97. The number of carbonyl (C=O) groups excluding carboxylic acids is 1. The third kappa shape index (κ3) is 3.12. The number of fused-ring (bicyclic) bond motifs is 2. The minimum atomic E-state index is -0.378. The molecule has 0 saturated carbocycles. The zero-order chi connectivity index (χ0) is 16.2. The summed E-state index contributed by atoms with van der Waals surface area (Å²) in [7, 11) is 0. The summed E-state index contributed by atoms with van der Waals surface area (Å²) in [6.07, 6.45) is 0.709. The zero-order valence-electron chi connectivity index (χ0n) is 12.8. The van der Waals surface area contributed by atoms with E-state index < -0.39 is 0 Å². The molecular formula is C17H17NO5. The highest BCUT2D eigenvalue weighted by Crippen LogP contribution is 2.21. The van der Waals surface area contributed by atoms with Crippen molar-refractivity contribution in [3.8, 4) is 0 Å². The Kier molecular flexibility index (Phi) is 4.43. The molecule has 0 fully saturated rings. The van der Waals surface area contributed by atoms with Crippen molar-refractivity contribution in [3.63, 3.8) is 0 Å². The van der Waals surface area contributed by atoms with E-state index >= 15 is 0 Å². The summed E-state index contributed by atoms with van der Waals surface area (Å²) in [5.41, 5.74) is 0.226. The molecule has 3 aromatic rings. The van der Waals surface area contributed by atoms with Gasteiger partial charge in [-0.2, -0.15) is 0 Å². The summed E-state index contributed by atoms with van der Waals surface area (Å²) in [5.74, 6) is -0.253. The summed E-state index contributed by atoms with van der Waals surface area (Å²) in [6.45, 7) is 3.63. The van der Waals surface area contributed by atoms with Crippen molar-refractivity contribution in [1.29, 1.82) is 0 Å². The fraction of sp³-hybridized carbons (Fsp3) is 0.294. The Morgan fingerprint density at radius 1 is 1.22 bits per heavy atom. The van der Waals surface area contributed by atoms with Crippen LogP contribution < -0.4 is 10.7 Å². The molecule has 1 N–H and O–H groups in total. The van der Waals surface area contributed by atoms with Crippen molar-refractivity contribution in [2.24, 2.45) is 0 Å². The predicted octanol–water partition coefficient (Wildman–Crippen LogP) is 2.70. The van der Waals surface area contributed by atoms with Crippen molar-refractivity contribution in [2.75, 3.05) is 19.8 Å². The Labute approximate surface area is 132 Å². The van der Waals surface area contributed by atoms with Crippen LogP contribution >= 0.6 is 0 Å². The first-order chi connectivity index (χ1) is 11.2. The fourth-order valence-electron chi connectivity index (χ4n) is 2.32. The molecule has 23 heavy (non-hydrogen) atoms. The van der Waals surface area contributed by atoms with Gasteiger partial charge in [0.15, 0.2) is 5.76 Å². The van der Waals surface area contributed by atoms with E-state index in [4.69, 9.17) is 13.6 Å². The topological polar surface area (TPSA) is 81.7 Å². The van der Waals surface area contributed by atoms with Gasteiger partial charge in [0.25, 0.3) is 5.91 Å². The lowest BCUT2D eigenvalue weighted by Crippen LogP contribution is -2.24. The largest absolute Gasteiger partial charge is 0.425 e. The number of benzene rings is 1. The highest BCUT2D eigenvalue weighted by atomic mass is 16.5. The van der Waals surface area contributed by atoms with Crippen LogP contribution in [-0.4, -0.2) is 25.7 Å². The van der Waals surface area contributed by atoms with Gasteiger partial charge in [0.2, 0.25) is 5.43 Å². The van der Waals surface area contributed by atoms with Gasteiger partial charge in [-0.05, 0) is 25.5 Å². The number of carbonyl (C=O) groups is 1. The van der Waals surface area contributed by atoms with E-state index in [1.54, 1.807) is 24.3 Å². The molecule has 0 spiro atoms. The molecule has 0 aliphatic rings. The maximum atomic E-state index is 12.4. The van der Waals surface area contributed by atoms with E-state index in [-0.39, 0.29) is 28.3 Å². The molecular weight excluding hydrogens is 298 g/mol. The van der Waals surface area contributed by atoms with E-state index in [0.717, 1.165) is 0 Å². The van der Waals surface area contributed by atoms with Crippen LogP contribution in [0, 0.1) is 0 Å². The van der Waals surface area contributed by atoms with Crippen LogP contribution in [0.2, 0.25) is 0 Å². The van der Waals surface area contributed by atoms with Gasteiger partial charge in [0.05, 0.1) is 5.39 Å². The third-order valence-electron chi connectivity index (χ3n) is 3.46. The molecule has 0 saturated heterocycles. The normalized spacial score (nSPS) is 11.2. The molecule has 120 valence electrons. The lowest BCUT2D eigenvalue weighted by Gasteiger charge is -2.02. The summed E-state index contributed by atoms with van der Waals surface area (Å²) in [5, 5.41) is 3.45. The fourth-order valence-corrected chi connectivity index (χ4v) is 2.32. The second-order valence-corrected chi connectivity index (χ2v) is 5.05. The van der Waals surface area contributed by atoms with Gasteiger partial charge in [0.1, 0.15) is 11.0 Å². The second kappa shape index (κ2) is 6.66. The van der Waals surface area contributed by atoms with Gasteiger partial charge in [-0.15, -0.1) is 0 Å². The van der Waals surface area contributed by atoms with E-state index in [9.17, 15) is 9.59 Å². The predicted molar refractivity (Wildman–Crippen MR) is 85.7 cm³/mol. The first-order valence-corrected chi connectivity index (χ1v) is 7.52. The molecule has 0 aliphatic carbocycles. The van der Waals surface area contributed by atoms with Crippen molar-refractivity contribution < 1.29 is 18.4 Å². The Morgan fingerprint density at radius 2 is 2.04 bits per heavy atom. The number of ether oxygens (including phenoxy) is 1. The van der Waals surface area contributed by atoms with E-state index in [1.807, 2.05) is 6.92 Å². The van der Waals surface area contributed by atoms with E-state index in [1.165, 1.54) is 6.07 Å². The average molecular weight is 315 g/mol. The van der Waals surface area contributed by atoms with Gasteiger partial charge in [-0.25, -0.2) is 0 Å². The van der Waals surface area contributed by atoms with Crippen LogP contribution in [0.5, 0.6) is 0 Å². The molecule has 1 amide bonds. The maximum Gasteiger partial charge on any atom is 0.302 e. The number of nitrogens with one attached hydrogen (secondary N) is 1. The van der Waals surface area contributed by atoms with E-state index in [0.29, 0.717) is 37.1 Å². The smallest absolute Gasteiger partial charge is 0.302 e. The second-order valence-electron chi connectivity index (χ2n) is 5.05. The number of amides is 1. The Morgan fingerprint density at radius 3 is 2.87 bits per heavy atom. The zero-order valence-corrected chi connectivity index (χ0v) is 12.8. The van der Waals surface area contributed by atoms with Crippen molar-refractivity contribution in [3.05, 3.63) is 46.3 Å². The van der Waals surface area contributed by atoms with Crippen molar-refractivity contribution >= 4 is 28.0 Å². The molecule has 2 aromatic heterocycles. The Hall–Kier alpha value is -2.60. The lowest BCUT2D eigenvalue weighted by molar-refractivity contribution is 0.0917. The molecule has 3 rings (SSSR count). The molecule has 2 heterocycles. The number of rotatable bonds is 6. The minimum Gasteiger partial charge on any atom is -0.425 e. The van der Waals surface area contributed by atoms with Gasteiger partial charge >= 0.3 is 5.78 Å². The summed E-state index contributed by atoms with van der Waals surface area (Å²) in [6, 6.07) is 8.32. The van der Waals surface area contributed by atoms with Gasteiger partial charge < -0.3 is 18.9 Å². The van der Waals surface area contributed by atoms with Crippen LogP contribution in [-0.2, 0) is 4.74 Å². The SMILES string of the molecule is CCOCCCNC(=O)c1cc2c(=O)c3ccccc3oc2o1. The third-order valence-corrected chi connectivity index (χ3v) is 3.46. The molecule has 0 bridgehead atoms. The van der Waals surface area contributed by atoms with Gasteiger partial charge in [-0.3, -0.25) is 9.59 Å². The molecule has 6 heteroatoms. The summed E-state index contributed by atoms with van der Waals surface area (Å²) >= 11 is 0. The van der Waals surface area contributed by atoms with Crippen LogP contribution in [0.1, 0.15) is 23.9 Å². The highest BCUT2D eigenvalue weighted by Gasteiger charge is 2.17. The van der Waals surface area contributed by atoms with Crippen LogP contribution in [0.25, 0.3) is 22.1 Å². The van der Waals surface area contributed by atoms with Gasteiger partial charge in [0, 0.05) is 25.8 Å². The molecule has 0 aliphatic heterocycles. The monoisotopic (exact) mass is 315 g/mol. The Bertz CT molecular complexity index is 893. The van der Waals surface area contributed by atoms with Crippen molar-refractivity contribution in [1.82, 2.24) is 5.32 Å². The standard InChI is InChI=1S/C17H17NO5/c1-2-21-9-5-8-18-16(20)14-10-12-15(19)11-6-3-4-7-13(11)22-17(12)23-14/h3-4,6-7,10H,2,5,8-9H2,1H3,(H,18,20). The van der Waals surface area contributed by atoms with Gasteiger partial charge in [-0.1, -0.05) is 12.1 Å². The first-order valence-electron chi connectivity index (χ1n) is 7.52. The van der Waals surface area contributed by atoms with Crippen molar-refractivity contribution in [2.45, 2.75) is 13.3 Å². The number of hydrogen-bond donors (Lipinski definition) is 1. The molecule has 6 nitrogen and oxygen atoms in total. The lowest BCUT2D eigenvalue weighted by atomic mass is 10.2. The molecule has 0 atom stereocenters. The first kappa shape index (κ1) is 15.3. The average Bonchev–Trinajstić information content (AvgIpc) is 2.99. The van der Waals surface area contributed by atoms with Crippen LogP contribution in [0.3, 0.4) is 0 Å². The van der Waals surface area contributed by atoms with E-state index in [2.05, 4.69) is 5.32 Å². The number of para-hydroxylation sites is 1. The number of furan rings is 1. The summed E-state index contributed by atoms with van der Waals surface area (Å²) < 4.78 is 16.1. The Balaban J connectivity index is 1.82. The van der Waals surface area contributed by atoms with Crippen LogP contribution in [0.15, 0.2) is 44.0 Å². The quantitative estimate of drug-likeness (QED) is 0.707. The van der Waals surface area contributed by atoms with Crippen LogP contribution in [0.4, 0.5) is 0 Å². The molecule has 0 unspecified atom stereocenters. The number of hydrogen-bond acceptors (Lipinski definition) is 5. The minimum absolute atomic E-state index is 0.0626.